The molecule has 2 amide bonds. The highest BCUT2D eigenvalue weighted by Crippen LogP contribution is 2.28. The number of urea groups is 1. The Hall–Kier alpha value is -3.85. The van der Waals surface area contributed by atoms with Gasteiger partial charge in [-0.2, -0.15) is 0 Å². The van der Waals surface area contributed by atoms with Crippen LogP contribution in [-0.2, 0) is 16.6 Å². The number of benzene rings is 2. The molecule has 10 heteroatoms. The zero-order chi connectivity index (χ0) is 25.7. The predicted molar refractivity (Wildman–Crippen MR) is 131 cm³/mol. The fourth-order valence-corrected chi connectivity index (χ4v) is 3.74. The molecule has 0 fully saturated rings. The van der Waals surface area contributed by atoms with Gasteiger partial charge in [0.15, 0.2) is 5.69 Å². The summed E-state index contributed by atoms with van der Waals surface area (Å²) in [6.07, 6.45) is 1.25. The van der Waals surface area contributed by atoms with E-state index in [1.54, 1.807) is 44.2 Å². The van der Waals surface area contributed by atoms with Gasteiger partial charge in [-0.05, 0) is 48.7 Å². The van der Waals surface area contributed by atoms with Gasteiger partial charge in [-0.15, -0.1) is 0 Å². The summed E-state index contributed by atoms with van der Waals surface area (Å²) in [5.41, 5.74) is 1.41. The Kier molecular flexibility index (Phi) is 8.14. The van der Waals surface area contributed by atoms with Crippen LogP contribution in [0.3, 0.4) is 0 Å². The predicted octanol–water partition coefficient (Wildman–Crippen LogP) is 4.67. The molecule has 0 aliphatic rings. The van der Waals surface area contributed by atoms with Crippen LogP contribution in [0.25, 0.3) is 11.1 Å². The molecule has 0 aliphatic carbocycles. The van der Waals surface area contributed by atoms with E-state index in [4.69, 9.17) is 16.3 Å². The summed E-state index contributed by atoms with van der Waals surface area (Å²) in [5, 5.41) is 15.3. The molecule has 1 aromatic heterocycles. The molecule has 0 radical (unpaired) electrons. The average molecular weight is 502 g/mol. The molecule has 3 N–H and O–H groups in total. The van der Waals surface area contributed by atoms with Crippen LogP contribution in [0.4, 0.5) is 14.9 Å². The number of amides is 2. The highest BCUT2D eigenvalue weighted by molar-refractivity contribution is 6.31. The summed E-state index contributed by atoms with van der Waals surface area (Å²) in [7, 11) is 1.49. The van der Waals surface area contributed by atoms with Crippen molar-refractivity contribution in [3.8, 4) is 16.9 Å². The largest absolute Gasteiger partial charge is 0.505 e. The van der Waals surface area contributed by atoms with E-state index in [0.717, 1.165) is 0 Å². The topological polar surface area (TPSA) is 110 Å². The molecule has 0 bridgehead atoms. The molecule has 3 rings (SSSR count). The number of pyridine rings is 1. The number of ether oxygens (including phenoxy) is 1. The molecule has 8 nitrogen and oxygen atoms in total. The molecule has 184 valence electrons. The molecule has 0 saturated carbocycles. The van der Waals surface area contributed by atoms with Crippen molar-refractivity contribution in [3.63, 3.8) is 0 Å². The standard InChI is InChI=1S/C25H25ClFN3O5/c1-4-35-21(31)12-20(28-25(34)29-22-23(32)14(2)13-30(3)24(22)33)17-7-5-6-15(10-17)16-8-9-19(27)18(26)11-16/h5-11,13,20,32H,4,12H2,1-3H3,(H2,28,29,34). The van der Waals surface area contributed by atoms with E-state index in [1.165, 1.54) is 29.9 Å². The van der Waals surface area contributed by atoms with Crippen molar-refractivity contribution in [1.82, 2.24) is 9.88 Å². The van der Waals surface area contributed by atoms with Crippen molar-refractivity contribution in [3.05, 3.63) is 81.0 Å². The van der Waals surface area contributed by atoms with Crippen molar-refractivity contribution >= 4 is 29.3 Å². The Bertz CT molecular complexity index is 1320. The van der Waals surface area contributed by atoms with Crippen LogP contribution in [0.5, 0.6) is 5.75 Å². The quantitative estimate of drug-likeness (QED) is 0.407. The lowest BCUT2D eigenvalue weighted by Crippen LogP contribution is -2.36. The minimum Gasteiger partial charge on any atom is -0.505 e. The van der Waals surface area contributed by atoms with Crippen LogP contribution in [0.1, 0.15) is 30.5 Å². The second kappa shape index (κ2) is 11.1. The van der Waals surface area contributed by atoms with Gasteiger partial charge < -0.3 is 25.0 Å². The maximum atomic E-state index is 13.6. The van der Waals surface area contributed by atoms with Gasteiger partial charge in [-0.3, -0.25) is 9.59 Å². The number of halogens is 2. The van der Waals surface area contributed by atoms with E-state index in [1.807, 2.05) is 0 Å². The molecule has 0 spiro atoms. The normalized spacial score (nSPS) is 11.6. The third-order valence-electron chi connectivity index (χ3n) is 5.29. The Morgan fingerprint density at radius 2 is 1.91 bits per heavy atom. The summed E-state index contributed by atoms with van der Waals surface area (Å²) < 4.78 is 19.9. The number of nitrogens with one attached hydrogen (secondary N) is 2. The average Bonchev–Trinajstić information content (AvgIpc) is 2.82. The van der Waals surface area contributed by atoms with Crippen molar-refractivity contribution in [2.45, 2.75) is 26.3 Å². The number of aromatic nitrogens is 1. The number of carbonyl (C=O) groups excluding carboxylic acids is 2. The van der Waals surface area contributed by atoms with Gasteiger partial charge in [0.05, 0.1) is 24.1 Å². The van der Waals surface area contributed by atoms with E-state index in [9.17, 15) is 23.9 Å². The third-order valence-corrected chi connectivity index (χ3v) is 5.58. The molecule has 0 aliphatic heterocycles. The minimum atomic E-state index is -0.833. The monoisotopic (exact) mass is 501 g/mol. The molecular formula is C25H25ClFN3O5. The zero-order valence-electron chi connectivity index (χ0n) is 19.4. The van der Waals surface area contributed by atoms with E-state index in [2.05, 4.69) is 10.6 Å². The number of aromatic hydroxyl groups is 1. The Labute approximate surface area is 206 Å². The van der Waals surface area contributed by atoms with Crippen LogP contribution < -0.4 is 16.2 Å². The number of aryl methyl sites for hydroxylation is 2. The second-order valence-corrected chi connectivity index (χ2v) is 8.27. The van der Waals surface area contributed by atoms with E-state index in [-0.39, 0.29) is 29.5 Å². The first-order valence-electron chi connectivity index (χ1n) is 10.8. The lowest BCUT2D eigenvalue weighted by molar-refractivity contribution is -0.143. The van der Waals surface area contributed by atoms with Crippen molar-refractivity contribution in [2.24, 2.45) is 7.05 Å². The molecule has 35 heavy (non-hydrogen) atoms. The Balaban J connectivity index is 1.91. The number of hydrogen-bond acceptors (Lipinski definition) is 5. The number of rotatable bonds is 7. The first kappa shape index (κ1) is 25.8. The highest BCUT2D eigenvalue weighted by Gasteiger charge is 2.22. The highest BCUT2D eigenvalue weighted by atomic mass is 35.5. The van der Waals surface area contributed by atoms with Crippen molar-refractivity contribution in [1.29, 1.82) is 0 Å². The Morgan fingerprint density at radius 3 is 2.60 bits per heavy atom. The SMILES string of the molecule is CCOC(=O)CC(NC(=O)Nc1c(O)c(C)cn(C)c1=O)c1cccc(-c2ccc(F)c(Cl)c2)c1. The first-order valence-corrected chi connectivity index (χ1v) is 11.2. The Morgan fingerprint density at radius 1 is 1.20 bits per heavy atom. The van der Waals surface area contributed by atoms with Crippen molar-refractivity contribution < 1.29 is 23.8 Å². The number of nitrogens with zero attached hydrogens (tertiary/aromatic N) is 1. The van der Waals surface area contributed by atoms with E-state index in [0.29, 0.717) is 22.3 Å². The number of esters is 1. The lowest BCUT2D eigenvalue weighted by atomic mass is 9.98. The van der Waals surface area contributed by atoms with Gasteiger partial charge in [-0.1, -0.05) is 35.9 Å². The van der Waals surface area contributed by atoms with E-state index >= 15 is 0 Å². The van der Waals surface area contributed by atoms with Gasteiger partial charge >= 0.3 is 12.0 Å². The molecule has 1 atom stereocenters. The molecule has 2 aromatic carbocycles. The summed E-state index contributed by atoms with van der Waals surface area (Å²) >= 11 is 5.91. The lowest BCUT2D eigenvalue weighted by Gasteiger charge is -2.20. The number of anilines is 1. The second-order valence-electron chi connectivity index (χ2n) is 7.87. The van der Waals surface area contributed by atoms with E-state index < -0.39 is 29.4 Å². The van der Waals surface area contributed by atoms with Crippen LogP contribution in [0, 0.1) is 12.7 Å². The third kappa shape index (κ3) is 6.19. The van der Waals surface area contributed by atoms with Gasteiger partial charge in [0.1, 0.15) is 11.6 Å². The fraction of sp³-hybridized carbons (Fsp3) is 0.240. The molecule has 1 unspecified atom stereocenters. The van der Waals surface area contributed by atoms with Gasteiger partial charge in [0, 0.05) is 18.8 Å². The minimum absolute atomic E-state index is 0.0342. The molecule has 1 heterocycles. The molecule has 3 aromatic rings. The summed E-state index contributed by atoms with van der Waals surface area (Å²) in [5.74, 6) is -1.43. The first-order chi connectivity index (χ1) is 16.6. The van der Waals surface area contributed by atoms with Crippen molar-refractivity contribution in [2.75, 3.05) is 11.9 Å². The van der Waals surface area contributed by atoms with Crippen LogP contribution in [0.15, 0.2) is 53.5 Å². The van der Waals surface area contributed by atoms with Crippen LogP contribution in [-0.4, -0.2) is 28.3 Å². The smallest absolute Gasteiger partial charge is 0.319 e. The summed E-state index contributed by atoms with van der Waals surface area (Å²) in [4.78, 5) is 37.5. The molecular weight excluding hydrogens is 477 g/mol. The van der Waals surface area contributed by atoms with Gasteiger partial charge in [0.2, 0.25) is 0 Å². The summed E-state index contributed by atoms with van der Waals surface area (Å²) in [6.45, 7) is 3.43. The molecule has 0 saturated heterocycles. The maximum absolute atomic E-state index is 13.6. The maximum Gasteiger partial charge on any atom is 0.319 e. The van der Waals surface area contributed by atoms with Crippen LogP contribution in [0.2, 0.25) is 5.02 Å². The summed E-state index contributed by atoms with van der Waals surface area (Å²) in [6, 6.07) is 9.61. The fourth-order valence-electron chi connectivity index (χ4n) is 3.56. The number of hydrogen-bond donors (Lipinski definition) is 3. The van der Waals surface area contributed by atoms with Gasteiger partial charge in [0.25, 0.3) is 5.56 Å². The van der Waals surface area contributed by atoms with Gasteiger partial charge in [-0.25, -0.2) is 9.18 Å². The van der Waals surface area contributed by atoms with Crippen LogP contribution >= 0.6 is 11.6 Å². The zero-order valence-corrected chi connectivity index (χ0v) is 20.1. The number of carbonyl (C=O) groups is 2.